The minimum atomic E-state index is 0.0302. The molecule has 2 unspecified atom stereocenters. The van der Waals surface area contributed by atoms with Crippen LogP contribution in [-0.2, 0) is 22.5 Å². The van der Waals surface area contributed by atoms with Crippen molar-refractivity contribution in [1.82, 2.24) is 4.90 Å². The fourth-order valence-electron chi connectivity index (χ4n) is 3.06. The molecule has 0 aliphatic carbocycles. The highest BCUT2D eigenvalue weighted by Gasteiger charge is 2.34. The number of amides is 1. The van der Waals surface area contributed by atoms with Crippen molar-refractivity contribution in [3.63, 3.8) is 0 Å². The predicted molar refractivity (Wildman–Crippen MR) is 73.5 cm³/mol. The number of rotatable bonds is 1. The Morgan fingerprint density at radius 2 is 2.26 bits per heavy atom. The van der Waals surface area contributed by atoms with Crippen molar-refractivity contribution in [2.24, 2.45) is 5.92 Å². The van der Waals surface area contributed by atoms with Gasteiger partial charge in [-0.3, -0.25) is 4.79 Å². The number of ether oxygens (including phenoxy) is 1. The van der Waals surface area contributed by atoms with Crippen molar-refractivity contribution in [2.45, 2.75) is 32.4 Å². The van der Waals surface area contributed by atoms with Gasteiger partial charge in [0.15, 0.2) is 0 Å². The number of nitrogens with zero attached hydrogens (tertiary/aromatic N) is 1. The molecular formula is C15H20N2O2. The molecule has 1 amide bonds. The van der Waals surface area contributed by atoms with Crippen LogP contribution < -0.4 is 5.73 Å². The summed E-state index contributed by atoms with van der Waals surface area (Å²) in [5.74, 6) is 0.265. The van der Waals surface area contributed by atoms with E-state index in [1.807, 2.05) is 24.0 Å². The molecule has 1 fully saturated rings. The van der Waals surface area contributed by atoms with Crippen molar-refractivity contribution in [3.8, 4) is 0 Å². The van der Waals surface area contributed by atoms with E-state index < -0.39 is 0 Å². The molecule has 0 spiro atoms. The molecule has 0 aromatic heterocycles. The highest BCUT2D eigenvalue weighted by molar-refractivity contribution is 5.80. The van der Waals surface area contributed by atoms with Gasteiger partial charge in [0.25, 0.3) is 0 Å². The zero-order valence-electron chi connectivity index (χ0n) is 11.3. The van der Waals surface area contributed by atoms with E-state index in [4.69, 9.17) is 10.5 Å². The molecule has 0 radical (unpaired) electrons. The average Bonchev–Trinajstić information content (AvgIpc) is 2.83. The van der Waals surface area contributed by atoms with Crippen LogP contribution in [0.2, 0.25) is 0 Å². The minimum absolute atomic E-state index is 0.0302. The van der Waals surface area contributed by atoms with E-state index >= 15 is 0 Å². The topological polar surface area (TPSA) is 55.6 Å². The van der Waals surface area contributed by atoms with E-state index in [2.05, 4.69) is 6.07 Å². The Labute approximate surface area is 113 Å². The van der Waals surface area contributed by atoms with E-state index in [0.29, 0.717) is 13.2 Å². The third kappa shape index (κ3) is 2.32. The summed E-state index contributed by atoms with van der Waals surface area (Å²) < 4.78 is 5.50. The third-order valence-electron chi connectivity index (χ3n) is 4.25. The van der Waals surface area contributed by atoms with Gasteiger partial charge in [-0.1, -0.05) is 6.07 Å². The number of anilines is 1. The summed E-state index contributed by atoms with van der Waals surface area (Å²) >= 11 is 0. The Kier molecular flexibility index (Phi) is 3.19. The Morgan fingerprint density at radius 1 is 1.42 bits per heavy atom. The van der Waals surface area contributed by atoms with E-state index in [0.717, 1.165) is 25.1 Å². The van der Waals surface area contributed by atoms with Crippen LogP contribution in [0.5, 0.6) is 0 Å². The number of carbonyl (C=O) groups is 1. The molecule has 4 heteroatoms. The monoisotopic (exact) mass is 260 g/mol. The molecule has 19 heavy (non-hydrogen) atoms. The van der Waals surface area contributed by atoms with Crippen molar-refractivity contribution >= 4 is 11.6 Å². The summed E-state index contributed by atoms with van der Waals surface area (Å²) in [6.07, 6.45) is 1.82. The Bertz CT molecular complexity index is 501. The van der Waals surface area contributed by atoms with Crippen molar-refractivity contribution in [2.75, 3.05) is 18.9 Å². The van der Waals surface area contributed by atoms with Gasteiger partial charge in [-0.05, 0) is 43.0 Å². The van der Waals surface area contributed by atoms with Gasteiger partial charge in [0.2, 0.25) is 5.91 Å². The predicted octanol–water partition coefficient (Wildman–Crippen LogP) is 1.58. The maximum absolute atomic E-state index is 12.5. The van der Waals surface area contributed by atoms with Crippen molar-refractivity contribution in [1.29, 1.82) is 0 Å². The van der Waals surface area contributed by atoms with Gasteiger partial charge in [-0.2, -0.15) is 0 Å². The highest BCUT2D eigenvalue weighted by Crippen LogP contribution is 2.27. The summed E-state index contributed by atoms with van der Waals surface area (Å²) in [6.45, 7) is 4.18. The molecule has 3 rings (SSSR count). The normalized spacial score (nSPS) is 26.3. The first-order valence-corrected chi connectivity index (χ1v) is 6.93. The highest BCUT2D eigenvalue weighted by atomic mass is 16.5. The van der Waals surface area contributed by atoms with Crippen molar-refractivity contribution < 1.29 is 9.53 Å². The van der Waals surface area contributed by atoms with Crippen LogP contribution in [0.3, 0.4) is 0 Å². The van der Waals surface area contributed by atoms with Gasteiger partial charge in [0, 0.05) is 25.4 Å². The number of fused-ring (bicyclic) bond motifs is 1. The third-order valence-corrected chi connectivity index (χ3v) is 4.25. The molecular weight excluding hydrogens is 240 g/mol. The van der Waals surface area contributed by atoms with Crippen LogP contribution in [0.4, 0.5) is 5.69 Å². The molecule has 2 atom stereocenters. The Morgan fingerprint density at radius 3 is 3.00 bits per heavy atom. The number of hydrogen-bond acceptors (Lipinski definition) is 3. The second-order valence-corrected chi connectivity index (χ2v) is 5.51. The maximum Gasteiger partial charge on any atom is 0.228 e. The first-order chi connectivity index (χ1) is 9.15. The van der Waals surface area contributed by atoms with Crippen LogP contribution in [0.25, 0.3) is 0 Å². The largest absolute Gasteiger partial charge is 0.399 e. The average molecular weight is 260 g/mol. The summed E-state index contributed by atoms with van der Waals surface area (Å²) in [4.78, 5) is 14.5. The molecule has 4 nitrogen and oxygen atoms in total. The number of hydrogen-bond donors (Lipinski definition) is 1. The molecule has 1 aromatic carbocycles. The van der Waals surface area contributed by atoms with Gasteiger partial charge < -0.3 is 15.4 Å². The quantitative estimate of drug-likeness (QED) is 0.780. The fourth-order valence-corrected chi connectivity index (χ4v) is 3.06. The van der Waals surface area contributed by atoms with E-state index in [1.54, 1.807) is 0 Å². The number of nitrogens with two attached hydrogens (primary N) is 1. The summed E-state index contributed by atoms with van der Waals surface area (Å²) in [6, 6.07) is 6.00. The first-order valence-electron chi connectivity index (χ1n) is 6.93. The number of benzene rings is 1. The maximum atomic E-state index is 12.5. The summed E-state index contributed by atoms with van der Waals surface area (Å²) in [5.41, 5.74) is 9.09. The summed E-state index contributed by atoms with van der Waals surface area (Å²) in [7, 11) is 0. The van der Waals surface area contributed by atoms with Gasteiger partial charge in [-0.15, -0.1) is 0 Å². The molecule has 2 aliphatic rings. The molecule has 102 valence electrons. The zero-order valence-corrected chi connectivity index (χ0v) is 11.3. The van der Waals surface area contributed by atoms with E-state index in [1.165, 1.54) is 11.1 Å². The SMILES string of the molecule is CC1OCCC1C(=O)N1CCc2ccc(N)cc2C1. The second-order valence-electron chi connectivity index (χ2n) is 5.51. The Balaban J connectivity index is 1.76. The first kappa shape index (κ1) is 12.5. The van der Waals surface area contributed by atoms with Gasteiger partial charge in [0.05, 0.1) is 12.0 Å². The van der Waals surface area contributed by atoms with Crippen LogP contribution in [-0.4, -0.2) is 30.1 Å². The second kappa shape index (κ2) is 4.85. The van der Waals surface area contributed by atoms with Crippen LogP contribution in [0.1, 0.15) is 24.5 Å². The number of carbonyl (C=O) groups excluding carboxylic acids is 1. The van der Waals surface area contributed by atoms with Gasteiger partial charge in [-0.25, -0.2) is 0 Å². The Hall–Kier alpha value is -1.55. The van der Waals surface area contributed by atoms with Crippen LogP contribution in [0, 0.1) is 5.92 Å². The standard InChI is InChI=1S/C15H20N2O2/c1-10-14(5-7-19-10)15(18)17-6-4-11-2-3-13(16)8-12(11)9-17/h2-3,8,10,14H,4-7,9,16H2,1H3. The molecule has 2 heterocycles. The number of nitrogen functional groups attached to an aromatic ring is 1. The van der Waals surface area contributed by atoms with E-state index in [9.17, 15) is 4.79 Å². The lowest BCUT2D eigenvalue weighted by Gasteiger charge is -2.31. The van der Waals surface area contributed by atoms with Crippen molar-refractivity contribution in [3.05, 3.63) is 29.3 Å². The smallest absolute Gasteiger partial charge is 0.228 e. The lowest BCUT2D eigenvalue weighted by molar-refractivity contribution is -0.137. The molecule has 2 aliphatic heterocycles. The lowest BCUT2D eigenvalue weighted by atomic mass is 9.95. The van der Waals surface area contributed by atoms with Crippen LogP contribution >= 0.6 is 0 Å². The lowest BCUT2D eigenvalue weighted by Crippen LogP contribution is -2.41. The van der Waals surface area contributed by atoms with Gasteiger partial charge in [0.1, 0.15) is 0 Å². The zero-order chi connectivity index (χ0) is 13.4. The molecule has 2 N–H and O–H groups in total. The fraction of sp³-hybridized carbons (Fsp3) is 0.533. The molecule has 0 bridgehead atoms. The molecule has 1 aromatic rings. The molecule has 1 saturated heterocycles. The van der Waals surface area contributed by atoms with Gasteiger partial charge >= 0.3 is 0 Å². The van der Waals surface area contributed by atoms with E-state index in [-0.39, 0.29) is 17.9 Å². The van der Waals surface area contributed by atoms with Crippen LogP contribution in [0.15, 0.2) is 18.2 Å². The minimum Gasteiger partial charge on any atom is -0.399 e. The molecule has 0 saturated carbocycles. The summed E-state index contributed by atoms with van der Waals surface area (Å²) in [5, 5.41) is 0.